The van der Waals surface area contributed by atoms with Crippen LogP contribution in [0.15, 0.2) is 29.1 Å². The highest BCUT2D eigenvalue weighted by molar-refractivity contribution is 5.84. The molecule has 0 heterocycles. The highest BCUT2D eigenvalue weighted by Gasteiger charge is 2.29. The van der Waals surface area contributed by atoms with Gasteiger partial charge in [0.15, 0.2) is 11.5 Å². The third kappa shape index (κ3) is 8.37. The maximum Gasteiger partial charge on any atom is 0.303 e. The second kappa shape index (κ2) is 15.6. The lowest BCUT2D eigenvalue weighted by Gasteiger charge is -2.19. The summed E-state index contributed by atoms with van der Waals surface area (Å²) in [7, 11) is 4.65. The largest absolute Gasteiger partial charge is 0.493 e. The van der Waals surface area contributed by atoms with Gasteiger partial charge in [0.1, 0.15) is 0 Å². The molecule has 0 fully saturated rings. The van der Waals surface area contributed by atoms with Gasteiger partial charge < -0.3 is 35.3 Å². The Balaban J connectivity index is 1.80. The highest BCUT2D eigenvalue weighted by Crippen LogP contribution is 2.50. The van der Waals surface area contributed by atoms with E-state index >= 15 is 0 Å². The molecule has 11 nitrogen and oxygen atoms in total. The Hall–Kier alpha value is -4.28. The van der Waals surface area contributed by atoms with Crippen molar-refractivity contribution < 1.29 is 33.7 Å². The molecule has 2 aromatic rings. The number of fused-ring (bicyclic) bond motifs is 3. The fourth-order valence-corrected chi connectivity index (χ4v) is 5.22. The smallest absolute Gasteiger partial charge is 0.303 e. The summed E-state index contributed by atoms with van der Waals surface area (Å²) in [5.74, 6) is 0.352. The van der Waals surface area contributed by atoms with Crippen molar-refractivity contribution in [3.8, 4) is 28.4 Å². The SMILES string of the molecule is COc1cc2c(c(OC)c1OC)-c1ccc(NCCCC(=O)NCCCCCC(=O)O)c(=O)cc1C(NC(C)=O)CC2. The van der Waals surface area contributed by atoms with E-state index in [9.17, 15) is 19.2 Å². The van der Waals surface area contributed by atoms with Crippen molar-refractivity contribution in [3.63, 3.8) is 0 Å². The number of methoxy groups -OCH3 is 3. The van der Waals surface area contributed by atoms with Crippen molar-refractivity contribution in [3.05, 3.63) is 45.6 Å². The van der Waals surface area contributed by atoms with Crippen LogP contribution in [0.5, 0.6) is 17.2 Å². The van der Waals surface area contributed by atoms with Gasteiger partial charge in [-0.2, -0.15) is 0 Å². The number of carboxylic acid groups (broad SMARTS) is 1. The lowest BCUT2D eigenvalue weighted by atomic mass is 9.95. The molecule has 0 aliphatic heterocycles. The van der Waals surface area contributed by atoms with Gasteiger partial charge in [-0.3, -0.25) is 19.2 Å². The van der Waals surface area contributed by atoms with Gasteiger partial charge in [0.05, 0.1) is 33.1 Å². The van der Waals surface area contributed by atoms with E-state index in [2.05, 4.69) is 16.0 Å². The van der Waals surface area contributed by atoms with Crippen LogP contribution in [-0.2, 0) is 20.8 Å². The Morgan fingerprint density at radius 2 is 1.69 bits per heavy atom. The first-order chi connectivity index (χ1) is 20.2. The number of anilines is 1. The summed E-state index contributed by atoms with van der Waals surface area (Å²) < 4.78 is 17.0. The average Bonchev–Trinajstić information content (AvgIpc) is 3.20. The Kier molecular flexibility index (Phi) is 12.0. The summed E-state index contributed by atoms with van der Waals surface area (Å²) in [5.41, 5.74) is 3.28. The van der Waals surface area contributed by atoms with Crippen molar-refractivity contribution in [1.29, 1.82) is 0 Å². The van der Waals surface area contributed by atoms with Crippen LogP contribution in [-0.4, -0.2) is 57.3 Å². The molecule has 0 aromatic heterocycles. The standard InChI is InChI=1S/C31H41N3O8/c1-19(35)34-23-13-11-20-17-26(40-2)30(41-3)31(42-4)29(20)21-12-14-24(25(36)18-22(21)23)32-16-8-9-27(37)33-15-7-5-6-10-28(38)39/h12,14,17-18,23H,5-11,13,15-16H2,1-4H3,(H,32,36)(H,33,37)(H,34,35)(H,38,39). The summed E-state index contributed by atoms with van der Waals surface area (Å²) in [6.45, 7) is 2.37. The number of carboxylic acids is 1. The summed E-state index contributed by atoms with van der Waals surface area (Å²) in [5, 5.41) is 17.7. The molecule has 2 aromatic carbocycles. The Labute approximate surface area is 245 Å². The quantitative estimate of drug-likeness (QED) is 0.229. The minimum atomic E-state index is -0.812. The van der Waals surface area contributed by atoms with Gasteiger partial charge in [0, 0.05) is 38.4 Å². The zero-order valence-electron chi connectivity index (χ0n) is 24.8. The van der Waals surface area contributed by atoms with Crippen molar-refractivity contribution in [2.45, 2.75) is 64.3 Å². The topological polar surface area (TPSA) is 152 Å². The first-order valence-corrected chi connectivity index (χ1v) is 14.2. The van der Waals surface area contributed by atoms with E-state index in [1.807, 2.05) is 12.1 Å². The van der Waals surface area contributed by atoms with Gasteiger partial charge in [-0.15, -0.1) is 0 Å². The number of unbranched alkanes of at least 4 members (excludes halogenated alkanes) is 2. The predicted octanol–water partition coefficient (Wildman–Crippen LogP) is 3.82. The minimum absolute atomic E-state index is 0.0889. The Morgan fingerprint density at radius 1 is 0.929 bits per heavy atom. The van der Waals surface area contributed by atoms with Crippen LogP contribution < -0.4 is 35.6 Å². The number of aryl methyl sites for hydroxylation is 1. The van der Waals surface area contributed by atoms with Gasteiger partial charge in [-0.05, 0) is 67.0 Å². The third-order valence-corrected chi connectivity index (χ3v) is 7.20. The van der Waals surface area contributed by atoms with Crippen molar-refractivity contribution >= 4 is 23.5 Å². The van der Waals surface area contributed by atoms with E-state index in [4.69, 9.17) is 19.3 Å². The number of carbonyl (C=O) groups is 3. The van der Waals surface area contributed by atoms with E-state index in [1.165, 1.54) is 14.0 Å². The summed E-state index contributed by atoms with van der Waals surface area (Å²) in [6, 6.07) is 6.63. The molecular formula is C31H41N3O8. The number of benzene rings is 1. The van der Waals surface area contributed by atoms with Gasteiger partial charge in [0.25, 0.3) is 0 Å². The Morgan fingerprint density at radius 3 is 2.36 bits per heavy atom. The number of ether oxygens (including phenoxy) is 3. The van der Waals surface area contributed by atoms with Crippen LogP contribution in [0, 0.1) is 0 Å². The van der Waals surface area contributed by atoms with Crippen molar-refractivity contribution in [2.24, 2.45) is 0 Å². The highest BCUT2D eigenvalue weighted by atomic mass is 16.5. The molecule has 228 valence electrons. The van der Waals surface area contributed by atoms with Gasteiger partial charge in [-0.1, -0.05) is 12.5 Å². The molecule has 0 spiro atoms. The van der Waals surface area contributed by atoms with Crippen molar-refractivity contribution in [1.82, 2.24) is 10.6 Å². The molecule has 1 atom stereocenters. The number of carbonyl (C=O) groups excluding carboxylic acids is 2. The molecular weight excluding hydrogens is 542 g/mol. The molecule has 11 heteroatoms. The molecule has 42 heavy (non-hydrogen) atoms. The zero-order valence-corrected chi connectivity index (χ0v) is 24.8. The van der Waals surface area contributed by atoms with Gasteiger partial charge >= 0.3 is 5.97 Å². The lowest BCUT2D eigenvalue weighted by Crippen LogP contribution is -2.26. The molecule has 2 amide bonds. The lowest BCUT2D eigenvalue weighted by molar-refractivity contribution is -0.137. The molecule has 1 aliphatic carbocycles. The summed E-state index contributed by atoms with van der Waals surface area (Å²) in [6.07, 6.45) is 4.20. The molecule has 3 rings (SSSR count). The molecule has 0 saturated heterocycles. The van der Waals surface area contributed by atoms with Crippen LogP contribution in [0.4, 0.5) is 5.69 Å². The van der Waals surface area contributed by atoms with Crippen LogP contribution in [0.25, 0.3) is 11.1 Å². The second-order valence-electron chi connectivity index (χ2n) is 10.2. The number of rotatable bonds is 15. The third-order valence-electron chi connectivity index (χ3n) is 7.20. The summed E-state index contributed by atoms with van der Waals surface area (Å²) in [4.78, 5) is 48.2. The molecule has 0 bridgehead atoms. The van der Waals surface area contributed by atoms with Crippen LogP contribution in [0.1, 0.15) is 69.0 Å². The first kappa shape index (κ1) is 32.2. The van der Waals surface area contributed by atoms with Crippen LogP contribution in [0.3, 0.4) is 0 Å². The van der Waals surface area contributed by atoms with Gasteiger partial charge in [-0.25, -0.2) is 0 Å². The van der Waals surface area contributed by atoms with E-state index in [0.29, 0.717) is 73.7 Å². The second-order valence-corrected chi connectivity index (χ2v) is 10.2. The fourth-order valence-electron chi connectivity index (χ4n) is 5.22. The molecule has 1 unspecified atom stereocenters. The molecule has 0 saturated carbocycles. The number of hydrogen-bond donors (Lipinski definition) is 4. The maximum atomic E-state index is 13.4. The van der Waals surface area contributed by atoms with E-state index in [-0.39, 0.29) is 23.7 Å². The van der Waals surface area contributed by atoms with Gasteiger partial charge in [0.2, 0.25) is 23.0 Å². The van der Waals surface area contributed by atoms with Crippen molar-refractivity contribution in [2.75, 3.05) is 39.7 Å². The van der Waals surface area contributed by atoms with E-state index in [1.54, 1.807) is 26.4 Å². The maximum absolute atomic E-state index is 13.4. The number of hydrogen-bond acceptors (Lipinski definition) is 8. The molecule has 4 N–H and O–H groups in total. The Bertz CT molecular complexity index is 1340. The summed E-state index contributed by atoms with van der Waals surface area (Å²) >= 11 is 0. The monoisotopic (exact) mass is 583 g/mol. The van der Waals surface area contributed by atoms with E-state index in [0.717, 1.165) is 29.5 Å². The minimum Gasteiger partial charge on any atom is -0.493 e. The normalized spacial score (nSPS) is 13.6. The predicted molar refractivity (Wildman–Crippen MR) is 160 cm³/mol. The molecule has 1 aliphatic rings. The molecule has 0 radical (unpaired) electrons. The number of nitrogens with one attached hydrogen (secondary N) is 3. The average molecular weight is 584 g/mol. The van der Waals surface area contributed by atoms with Crippen LogP contribution >= 0.6 is 0 Å². The fraction of sp³-hybridized carbons (Fsp3) is 0.484. The zero-order chi connectivity index (χ0) is 30.6. The first-order valence-electron chi connectivity index (χ1n) is 14.2. The number of amides is 2. The number of aliphatic carboxylic acids is 1. The van der Waals surface area contributed by atoms with E-state index < -0.39 is 12.0 Å². The van der Waals surface area contributed by atoms with Crippen LogP contribution in [0.2, 0.25) is 0 Å².